The molecule has 0 saturated heterocycles. The third-order valence-electron chi connectivity index (χ3n) is 3.23. The van der Waals surface area contributed by atoms with Crippen molar-refractivity contribution >= 4 is 17.5 Å². The molecule has 0 aliphatic heterocycles. The smallest absolute Gasteiger partial charge is 0.313 e. The van der Waals surface area contributed by atoms with Crippen LogP contribution in [-0.2, 0) is 16.1 Å². The van der Waals surface area contributed by atoms with Crippen LogP contribution in [0.4, 0.5) is 10.1 Å². The zero-order chi connectivity index (χ0) is 16.1. The van der Waals surface area contributed by atoms with Crippen molar-refractivity contribution in [1.82, 2.24) is 5.32 Å². The van der Waals surface area contributed by atoms with Gasteiger partial charge in [-0.25, -0.2) is 4.39 Å². The Balaban J connectivity index is 1.95. The minimum atomic E-state index is -0.803. The van der Waals surface area contributed by atoms with Crippen molar-refractivity contribution in [2.24, 2.45) is 0 Å². The molecule has 2 N–H and O–H groups in total. The van der Waals surface area contributed by atoms with E-state index in [0.717, 1.165) is 11.1 Å². The Morgan fingerprint density at radius 2 is 1.77 bits per heavy atom. The Labute approximate surface area is 128 Å². The van der Waals surface area contributed by atoms with E-state index >= 15 is 0 Å². The standard InChI is InChI=1S/C17H17FN2O2/c1-11-7-8-15(12(2)9-11)20-17(22)16(21)19-10-13-5-3-4-6-14(13)18/h3-9H,10H2,1-2H3,(H,19,21)(H,20,22). The van der Waals surface area contributed by atoms with Crippen LogP contribution in [0.5, 0.6) is 0 Å². The second-order valence-electron chi connectivity index (χ2n) is 5.05. The maximum atomic E-state index is 13.4. The minimum absolute atomic E-state index is 0.0359. The topological polar surface area (TPSA) is 58.2 Å². The number of halogens is 1. The summed E-state index contributed by atoms with van der Waals surface area (Å²) in [5.41, 5.74) is 2.85. The van der Waals surface area contributed by atoms with Crippen molar-refractivity contribution in [3.8, 4) is 0 Å². The number of hydrogen-bond acceptors (Lipinski definition) is 2. The second-order valence-corrected chi connectivity index (χ2v) is 5.05. The molecule has 114 valence electrons. The third kappa shape index (κ3) is 3.91. The molecule has 22 heavy (non-hydrogen) atoms. The first kappa shape index (κ1) is 15.7. The van der Waals surface area contributed by atoms with E-state index in [0.29, 0.717) is 11.3 Å². The molecule has 0 fully saturated rings. The lowest BCUT2D eigenvalue weighted by Crippen LogP contribution is -2.35. The molecule has 0 bridgehead atoms. The van der Waals surface area contributed by atoms with Crippen LogP contribution in [0.1, 0.15) is 16.7 Å². The molecular formula is C17H17FN2O2. The first-order valence-corrected chi connectivity index (χ1v) is 6.87. The Morgan fingerprint density at radius 1 is 1.05 bits per heavy atom. The van der Waals surface area contributed by atoms with Crippen LogP contribution >= 0.6 is 0 Å². The predicted octanol–water partition coefficient (Wildman–Crippen LogP) is 2.70. The fourth-order valence-electron chi connectivity index (χ4n) is 2.03. The highest BCUT2D eigenvalue weighted by Crippen LogP contribution is 2.15. The molecule has 5 heteroatoms. The summed E-state index contributed by atoms with van der Waals surface area (Å²) >= 11 is 0. The molecule has 0 aromatic heterocycles. The highest BCUT2D eigenvalue weighted by atomic mass is 19.1. The molecule has 0 aliphatic rings. The van der Waals surface area contributed by atoms with E-state index in [9.17, 15) is 14.0 Å². The van der Waals surface area contributed by atoms with Crippen LogP contribution in [0.3, 0.4) is 0 Å². The number of anilines is 1. The van der Waals surface area contributed by atoms with Crippen LogP contribution in [0, 0.1) is 19.7 Å². The van der Waals surface area contributed by atoms with E-state index in [4.69, 9.17) is 0 Å². The lowest BCUT2D eigenvalue weighted by Gasteiger charge is -2.09. The van der Waals surface area contributed by atoms with Gasteiger partial charge in [-0.1, -0.05) is 35.9 Å². The molecule has 2 rings (SSSR count). The van der Waals surface area contributed by atoms with Crippen LogP contribution in [0.25, 0.3) is 0 Å². The Morgan fingerprint density at radius 3 is 2.45 bits per heavy atom. The number of carbonyl (C=O) groups is 2. The molecule has 4 nitrogen and oxygen atoms in total. The summed E-state index contributed by atoms with van der Waals surface area (Å²) in [6.45, 7) is 3.76. The Kier molecular flexibility index (Phi) is 4.88. The van der Waals surface area contributed by atoms with Gasteiger partial charge in [-0.05, 0) is 31.5 Å². The summed E-state index contributed by atoms with van der Waals surface area (Å²) < 4.78 is 13.4. The molecule has 0 radical (unpaired) electrons. The van der Waals surface area contributed by atoms with Crippen molar-refractivity contribution in [2.75, 3.05) is 5.32 Å². The fraction of sp³-hybridized carbons (Fsp3) is 0.176. The quantitative estimate of drug-likeness (QED) is 0.856. The summed E-state index contributed by atoms with van der Waals surface area (Å²) in [6, 6.07) is 11.6. The monoisotopic (exact) mass is 300 g/mol. The van der Waals surface area contributed by atoms with E-state index in [2.05, 4.69) is 10.6 Å². The molecule has 0 spiro atoms. The molecule has 0 atom stereocenters. The molecule has 0 aliphatic carbocycles. The maximum Gasteiger partial charge on any atom is 0.313 e. The summed E-state index contributed by atoms with van der Waals surface area (Å²) in [5, 5.41) is 4.94. The number of rotatable bonds is 3. The maximum absolute atomic E-state index is 13.4. The van der Waals surface area contributed by atoms with Crippen LogP contribution in [0.15, 0.2) is 42.5 Å². The highest BCUT2D eigenvalue weighted by molar-refractivity contribution is 6.39. The van der Waals surface area contributed by atoms with Crippen molar-refractivity contribution < 1.29 is 14.0 Å². The van der Waals surface area contributed by atoms with Gasteiger partial charge in [0.05, 0.1) is 0 Å². The molecule has 2 amide bonds. The van der Waals surface area contributed by atoms with Crippen molar-refractivity contribution in [3.63, 3.8) is 0 Å². The number of amides is 2. The lowest BCUT2D eigenvalue weighted by molar-refractivity contribution is -0.136. The zero-order valence-electron chi connectivity index (χ0n) is 12.4. The Hall–Kier alpha value is -2.69. The summed E-state index contributed by atoms with van der Waals surface area (Å²) in [7, 11) is 0. The van der Waals surface area contributed by atoms with E-state index in [1.807, 2.05) is 26.0 Å². The van der Waals surface area contributed by atoms with E-state index in [-0.39, 0.29) is 6.54 Å². The Bertz CT molecular complexity index is 714. The summed E-state index contributed by atoms with van der Waals surface area (Å²) in [5.74, 6) is -2.00. The van der Waals surface area contributed by atoms with Gasteiger partial charge < -0.3 is 10.6 Å². The van der Waals surface area contributed by atoms with Crippen molar-refractivity contribution in [2.45, 2.75) is 20.4 Å². The van der Waals surface area contributed by atoms with Gasteiger partial charge in [-0.2, -0.15) is 0 Å². The van der Waals surface area contributed by atoms with Gasteiger partial charge in [0.25, 0.3) is 0 Å². The highest BCUT2D eigenvalue weighted by Gasteiger charge is 2.15. The summed E-state index contributed by atoms with van der Waals surface area (Å²) in [6.07, 6.45) is 0. The minimum Gasteiger partial charge on any atom is -0.344 e. The molecular weight excluding hydrogens is 283 g/mol. The van der Waals surface area contributed by atoms with Gasteiger partial charge >= 0.3 is 11.8 Å². The van der Waals surface area contributed by atoms with E-state index in [1.165, 1.54) is 6.07 Å². The van der Waals surface area contributed by atoms with Gasteiger partial charge in [0.15, 0.2) is 0 Å². The average Bonchev–Trinajstić information content (AvgIpc) is 2.49. The molecule has 0 heterocycles. The van der Waals surface area contributed by atoms with Gasteiger partial charge in [0.1, 0.15) is 5.82 Å². The average molecular weight is 300 g/mol. The van der Waals surface area contributed by atoms with Gasteiger partial charge in [0, 0.05) is 17.8 Å². The number of hydrogen-bond donors (Lipinski definition) is 2. The normalized spacial score (nSPS) is 10.1. The van der Waals surface area contributed by atoms with E-state index < -0.39 is 17.6 Å². The first-order valence-electron chi connectivity index (χ1n) is 6.87. The fourth-order valence-corrected chi connectivity index (χ4v) is 2.03. The number of benzene rings is 2. The molecule has 0 unspecified atom stereocenters. The molecule has 2 aromatic rings. The SMILES string of the molecule is Cc1ccc(NC(=O)C(=O)NCc2ccccc2F)c(C)c1. The van der Waals surface area contributed by atoms with Gasteiger partial charge in [-0.15, -0.1) is 0 Å². The molecule has 2 aromatic carbocycles. The van der Waals surface area contributed by atoms with Crippen molar-refractivity contribution in [1.29, 1.82) is 0 Å². The first-order chi connectivity index (χ1) is 10.5. The van der Waals surface area contributed by atoms with E-state index in [1.54, 1.807) is 24.3 Å². The second kappa shape index (κ2) is 6.85. The zero-order valence-corrected chi connectivity index (χ0v) is 12.4. The summed E-state index contributed by atoms with van der Waals surface area (Å²) in [4.78, 5) is 23.6. The predicted molar refractivity (Wildman–Crippen MR) is 82.8 cm³/mol. The van der Waals surface area contributed by atoms with Crippen LogP contribution < -0.4 is 10.6 Å². The number of aryl methyl sites for hydroxylation is 2. The third-order valence-corrected chi connectivity index (χ3v) is 3.23. The molecule has 0 saturated carbocycles. The largest absolute Gasteiger partial charge is 0.344 e. The van der Waals surface area contributed by atoms with Gasteiger partial charge in [-0.3, -0.25) is 9.59 Å². The van der Waals surface area contributed by atoms with Crippen LogP contribution in [0.2, 0.25) is 0 Å². The lowest BCUT2D eigenvalue weighted by atomic mass is 10.1. The number of nitrogens with one attached hydrogen (secondary N) is 2. The number of carbonyl (C=O) groups excluding carboxylic acids is 2. The van der Waals surface area contributed by atoms with Crippen molar-refractivity contribution in [3.05, 3.63) is 65.0 Å². The van der Waals surface area contributed by atoms with Crippen LogP contribution in [-0.4, -0.2) is 11.8 Å². The van der Waals surface area contributed by atoms with Gasteiger partial charge in [0.2, 0.25) is 0 Å².